The van der Waals surface area contributed by atoms with Crippen molar-refractivity contribution in [3.8, 4) is 5.75 Å². The van der Waals surface area contributed by atoms with E-state index in [1.54, 1.807) is 30.3 Å². The Morgan fingerprint density at radius 1 is 1.19 bits per heavy atom. The van der Waals surface area contributed by atoms with Crippen LogP contribution in [0, 0.1) is 0 Å². The van der Waals surface area contributed by atoms with E-state index in [0.717, 1.165) is 0 Å². The highest BCUT2D eigenvalue weighted by Crippen LogP contribution is 2.41. The number of hydrogen-bond donors (Lipinski definition) is 1. The number of nitrogens with zero attached hydrogens (tertiary/aromatic N) is 3. The summed E-state index contributed by atoms with van der Waals surface area (Å²) in [6.45, 7) is -0.699. The maximum absolute atomic E-state index is 13.4. The number of aromatic nitrogens is 1. The first-order chi connectivity index (χ1) is 12.3. The van der Waals surface area contributed by atoms with Crippen LogP contribution in [-0.4, -0.2) is 45.2 Å². The first kappa shape index (κ1) is 17.9. The van der Waals surface area contributed by atoms with E-state index in [0.29, 0.717) is 11.3 Å². The highest BCUT2D eigenvalue weighted by Gasteiger charge is 2.63. The fraction of sp³-hybridized carbons (Fsp3) is 0.235. The molecule has 2 heterocycles. The van der Waals surface area contributed by atoms with Crippen LogP contribution >= 0.6 is 0 Å². The molecular formula is C17H14F3N3O3. The van der Waals surface area contributed by atoms with Gasteiger partial charge in [0.05, 0.1) is 12.1 Å². The van der Waals surface area contributed by atoms with Crippen molar-refractivity contribution in [1.82, 2.24) is 9.99 Å². The van der Waals surface area contributed by atoms with Gasteiger partial charge in [-0.05, 0) is 24.3 Å². The third kappa shape index (κ3) is 3.38. The Kier molecular flexibility index (Phi) is 4.64. The summed E-state index contributed by atoms with van der Waals surface area (Å²) in [6, 6.07) is 11.0. The number of rotatable bonds is 4. The summed E-state index contributed by atoms with van der Waals surface area (Å²) in [5.74, 6) is -0.799. The van der Waals surface area contributed by atoms with E-state index < -0.39 is 30.8 Å². The van der Waals surface area contributed by atoms with Gasteiger partial charge in [0.1, 0.15) is 5.75 Å². The lowest BCUT2D eigenvalue weighted by Crippen LogP contribution is -2.57. The summed E-state index contributed by atoms with van der Waals surface area (Å²) >= 11 is 0. The standard InChI is InChI=1S/C17H14F3N3O3/c18-17(19,20)16(25)10-14(12-6-8-21-9-7-12)22-23(16)15(24)11-26-13-4-2-1-3-5-13/h1-9,25H,10-11H2. The first-order valence-electron chi connectivity index (χ1n) is 7.59. The molecule has 0 saturated heterocycles. The van der Waals surface area contributed by atoms with Crippen molar-refractivity contribution in [2.24, 2.45) is 5.10 Å². The van der Waals surface area contributed by atoms with Gasteiger partial charge < -0.3 is 9.84 Å². The number of halogens is 3. The lowest BCUT2D eigenvalue weighted by Gasteiger charge is -2.32. The van der Waals surface area contributed by atoms with Crippen LogP contribution in [0.15, 0.2) is 60.0 Å². The van der Waals surface area contributed by atoms with E-state index in [4.69, 9.17) is 4.74 Å². The predicted octanol–water partition coefficient (Wildman–Crippen LogP) is 2.35. The van der Waals surface area contributed by atoms with Gasteiger partial charge >= 0.3 is 6.18 Å². The average Bonchev–Trinajstić information content (AvgIpc) is 3.00. The van der Waals surface area contributed by atoms with Crippen LogP contribution in [0.2, 0.25) is 0 Å². The van der Waals surface area contributed by atoms with Gasteiger partial charge in [-0.1, -0.05) is 18.2 Å². The van der Waals surface area contributed by atoms with Crippen LogP contribution < -0.4 is 4.74 Å². The molecule has 1 atom stereocenters. The molecule has 0 aliphatic carbocycles. The topological polar surface area (TPSA) is 75.0 Å². The Balaban J connectivity index is 1.85. The van der Waals surface area contributed by atoms with E-state index in [2.05, 4.69) is 10.1 Å². The summed E-state index contributed by atoms with van der Waals surface area (Å²) in [7, 11) is 0. The number of carbonyl (C=O) groups is 1. The van der Waals surface area contributed by atoms with Crippen molar-refractivity contribution in [1.29, 1.82) is 0 Å². The number of alkyl halides is 3. The van der Waals surface area contributed by atoms with Gasteiger partial charge in [0, 0.05) is 18.0 Å². The number of ether oxygens (including phenoxy) is 1. The number of hydrogen-bond acceptors (Lipinski definition) is 5. The molecule has 6 nitrogen and oxygen atoms in total. The largest absolute Gasteiger partial charge is 0.484 e. The fourth-order valence-corrected chi connectivity index (χ4v) is 2.46. The Bertz CT molecular complexity index is 812. The van der Waals surface area contributed by atoms with Gasteiger partial charge in [-0.25, -0.2) is 0 Å². The summed E-state index contributed by atoms with van der Waals surface area (Å²) in [6.07, 6.45) is -3.20. The normalized spacial score (nSPS) is 20.0. The van der Waals surface area contributed by atoms with E-state index in [9.17, 15) is 23.1 Å². The molecule has 1 aliphatic heterocycles. The monoisotopic (exact) mass is 365 g/mol. The summed E-state index contributed by atoms with van der Waals surface area (Å²) < 4.78 is 45.5. The van der Waals surface area contributed by atoms with Crippen molar-refractivity contribution >= 4 is 11.6 Å². The number of amides is 1. The molecule has 1 aliphatic rings. The molecule has 0 spiro atoms. The number of pyridine rings is 1. The molecule has 1 aromatic carbocycles. The van der Waals surface area contributed by atoms with Gasteiger partial charge in [-0.2, -0.15) is 23.3 Å². The van der Waals surface area contributed by atoms with Crippen molar-refractivity contribution in [2.45, 2.75) is 18.3 Å². The molecule has 0 saturated carbocycles. The van der Waals surface area contributed by atoms with E-state index in [1.165, 1.54) is 24.5 Å². The quantitative estimate of drug-likeness (QED) is 0.903. The van der Waals surface area contributed by atoms with Crippen molar-refractivity contribution in [3.63, 3.8) is 0 Å². The zero-order chi connectivity index (χ0) is 18.8. The second kappa shape index (κ2) is 6.75. The van der Waals surface area contributed by atoms with Crippen LogP contribution in [-0.2, 0) is 4.79 Å². The van der Waals surface area contributed by atoms with Crippen molar-refractivity contribution in [2.75, 3.05) is 6.61 Å². The van der Waals surface area contributed by atoms with Crippen LogP contribution in [0.25, 0.3) is 0 Å². The molecule has 26 heavy (non-hydrogen) atoms. The smallest absolute Gasteiger partial charge is 0.438 e. The zero-order valence-electron chi connectivity index (χ0n) is 13.3. The molecule has 0 bridgehead atoms. The molecule has 1 unspecified atom stereocenters. The molecule has 1 N–H and O–H groups in total. The van der Waals surface area contributed by atoms with Gasteiger partial charge in [-0.3, -0.25) is 9.78 Å². The Hall–Kier alpha value is -2.94. The number of para-hydroxylation sites is 1. The van der Waals surface area contributed by atoms with Crippen molar-refractivity contribution in [3.05, 3.63) is 60.4 Å². The molecule has 2 aromatic rings. The Labute approximate surface area is 146 Å². The highest BCUT2D eigenvalue weighted by atomic mass is 19.4. The molecule has 136 valence electrons. The van der Waals surface area contributed by atoms with Crippen LogP contribution in [0.1, 0.15) is 12.0 Å². The second-order valence-corrected chi connectivity index (χ2v) is 5.58. The Morgan fingerprint density at radius 3 is 2.46 bits per heavy atom. The van der Waals surface area contributed by atoms with Gasteiger partial charge in [0.15, 0.2) is 6.61 Å². The Morgan fingerprint density at radius 2 is 1.85 bits per heavy atom. The second-order valence-electron chi connectivity index (χ2n) is 5.58. The minimum atomic E-state index is -5.09. The molecule has 1 aromatic heterocycles. The van der Waals surface area contributed by atoms with Gasteiger partial charge in [0.2, 0.25) is 0 Å². The minimum Gasteiger partial charge on any atom is -0.484 e. The third-order valence-corrected chi connectivity index (χ3v) is 3.79. The third-order valence-electron chi connectivity index (χ3n) is 3.79. The maximum Gasteiger partial charge on any atom is 0.438 e. The van der Waals surface area contributed by atoms with E-state index in [-0.39, 0.29) is 10.7 Å². The van der Waals surface area contributed by atoms with Crippen molar-refractivity contribution < 1.29 is 27.8 Å². The van der Waals surface area contributed by atoms with E-state index in [1.807, 2.05) is 0 Å². The predicted molar refractivity (Wildman–Crippen MR) is 85.2 cm³/mol. The number of aliphatic hydroxyl groups is 1. The van der Waals surface area contributed by atoms with Crippen LogP contribution in [0.5, 0.6) is 5.75 Å². The van der Waals surface area contributed by atoms with Crippen LogP contribution in [0.4, 0.5) is 13.2 Å². The lowest BCUT2D eigenvalue weighted by molar-refractivity contribution is -0.302. The average molecular weight is 365 g/mol. The highest BCUT2D eigenvalue weighted by molar-refractivity contribution is 6.03. The SMILES string of the molecule is O=C(COc1ccccc1)N1N=C(c2ccncc2)CC1(O)C(F)(F)F. The molecular weight excluding hydrogens is 351 g/mol. The van der Waals surface area contributed by atoms with E-state index >= 15 is 0 Å². The van der Waals surface area contributed by atoms with Gasteiger partial charge in [0.25, 0.3) is 11.6 Å². The molecule has 0 radical (unpaired) electrons. The van der Waals surface area contributed by atoms with Crippen LogP contribution in [0.3, 0.4) is 0 Å². The number of benzene rings is 1. The molecule has 9 heteroatoms. The summed E-state index contributed by atoms with van der Waals surface area (Å²) in [5, 5.41) is 13.9. The molecule has 1 amide bonds. The summed E-state index contributed by atoms with van der Waals surface area (Å²) in [4.78, 5) is 16.1. The minimum absolute atomic E-state index is 0.0473. The molecule has 0 fully saturated rings. The number of hydrazone groups is 1. The molecule has 3 rings (SSSR count). The first-order valence-corrected chi connectivity index (χ1v) is 7.59. The lowest BCUT2D eigenvalue weighted by atomic mass is 10.0. The fourth-order valence-electron chi connectivity index (χ4n) is 2.46. The number of carbonyl (C=O) groups excluding carboxylic acids is 1. The maximum atomic E-state index is 13.4. The van der Waals surface area contributed by atoms with Gasteiger partial charge in [-0.15, -0.1) is 0 Å². The summed E-state index contributed by atoms with van der Waals surface area (Å²) in [5.41, 5.74) is -3.16. The zero-order valence-corrected chi connectivity index (χ0v) is 13.3.